The molecule has 0 aliphatic rings. The van der Waals surface area contributed by atoms with E-state index in [1.54, 1.807) is 12.1 Å². The Morgan fingerprint density at radius 2 is 1.90 bits per heavy atom. The monoisotopic (exact) mass is 312 g/mol. The number of benzene rings is 1. The minimum atomic E-state index is -0.233. The van der Waals surface area contributed by atoms with Gasteiger partial charge >= 0.3 is 12.0 Å². The number of halogens is 1. The summed E-state index contributed by atoms with van der Waals surface area (Å²) in [6, 6.07) is 7.19. The Morgan fingerprint density at radius 3 is 2.57 bits per heavy atom. The van der Waals surface area contributed by atoms with Crippen LogP contribution in [0.3, 0.4) is 0 Å². The first-order valence-electron chi connectivity index (χ1n) is 7.03. The van der Waals surface area contributed by atoms with Crippen LogP contribution in [0.15, 0.2) is 24.3 Å². The normalized spacial score (nSPS) is 10.0. The van der Waals surface area contributed by atoms with E-state index in [-0.39, 0.29) is 12.0 Å². The molecule has 2 amide bonds. The summed E-state index contributed by atoms with van der Waals surface area (Å²) in [5, 5.41) is 5.97. The maximum Gasteiger partial charge on any atom is 0.314 e. The molecule has 0 radical (unpaired) electrons. The van der Waals surface area contributed by atoms with Crippen LogP contribution in [-0.2, 0) is 16.0 Å². The largest absolute Gasteiger partial charge is 0.466 e. The molecule has 0 aliphatic carbocycles. The highest BCUT2D eigenvalue weighted by Gasteiger charge is 2.04. The first-order chi connectivity index (χ1) is 10.1. The second-order valence-corrected chi connectivity index (χ2v) is 4.92. The third kappa shape index (κ3) is 8.19. The van der Waals surface area contributed by atoms with Gasteiger partial charge in [0.05, 0.1) is 6.61 Å². The summed E-state index contributed by atoms with van der Waals surface area (Å²) in [5.41, 5.74) is 1.05. The lowest BCUT2D eigenvalue weighted by Gasteiger charge is -2.07. The molecule has 116 valence electrons. The number of esters is 1. The van der Waals surface area contributed by atoms with Crippen LogP contribution in [0, 0.1) is 0 Å². The Bertz CT molecular complexity index is 449. The van der Waals surface area contributed by atoms with Gasteiger partial charge in [-0.25, -0.2) is 4.79 Å². The molecule has 6 heteroatoms. The maximum absolute atomic E-state index is 11.5. The van der Waals surface area contributed by atoms with Gasteiger partial charge in [0.2, 0.25) is 0 Å². The molecule has 0 saturated carbocycles. The van der Waals surface area contributed by atoms with Crippen LogP contribution in [0.2, 0.25) is 5.02 Å². The Kier molecular flexibility index (Phi) is 8.28. The SMILES string of the molecule is CCNC(=O)NCCCOC(=O)CCc1ccc(Cl)cc1. The molecule has 1 aromatic carbocycles. The van der Waals surface area contributed by atoms with Crippen molar-refractivity contribution in [3.8, 4) is 0 Å². The molecule has 0 fully saturated rings. The second kappa shape index (κ2) is 10.0. The number of ether oxygens (including phenoxy) is 1. The van der Waals surface area contributed by atoms with E-state index in [2.05, 4.69) is 10.6 Å². The molecule has 0 spiro atoms. The van der Waals surface area contributed by atoms with E-state index in [0.717, 1.165) is 5.56 Å². The van der Waals surface area contributed by atoms with Crippen LogP contribution in [0.1, 0.15) is 25.3 Å². The number of hydrogen-bond acceptors (Lipinski definition) is 3. The predicted molar refractivity (Wildman–Crippen MR) is 82.4 cm³/mol. The van der Waals surface area contributed by atoms with Crippen molar-refractivity contribution in [1.82, 2.24) is 10.6 Å². The zero-order chi connectivity index (χ0) is 15.5. The van der Waals surface area contributed by atoms with Crippen molar-refractivity contribution in [3.63, 3.8) is 0 Å². The van der Waals surface area contributed by atoms with E-state index in [0.29, 0.717) is 44.0 Å². The lowest BCUT2D eigenvalue weighted by molar-refractivity contribution is -0.143. The molecule has 5 nitrogen and oxygen atoms in total. The van der Waals surface area contributed by atoms with Gasteiger partial charge in [0, 0.05) is 24.5 Å². The number of amides is 2. The van der Waals surface area contributed by atoms with E-state index in [1.807, 2.05) is 19.1 Å². The summed E-state index contributed by atoms with van der Waals surface area (Å²) in [7, 11) is 0. The fourth-order valence-electron chi connectivity index (χ4n) is 1.65. The number of carbonyl (C=O) groups excluding carboxylic acids is 2. The topological polar surface area (TPSA) is 67.4 Å². The van der Waals surface area contributed by atoms with E-state index >= 15 is 0 Å². The van der Waals surface area contributed by atoms with E-state index < -0.39 is 0 Å². The minimum absolute atomic E-state index is 0.202. The molecule has 0 unspecified atom stereocenters. The highest BCUT2D eigenvalue weighted by Crippen LogP contribution is 2.11. The molecule has 21 heavy (non-hydrogen) atoms. The van der Waals surface area contributed by atoms with Crippen molar-refractivity contribution in [2.45, 2.75) is 26.2 Å². The fourth-order valence-corrected chi connectivity index (χ4v) is 1.78. The lowest BCUT2D eigenvalue weighted by Crippen LogP contribution is -2.36. The molecule has 0 saturated heterocycles. The summed E-state index contributed by atoms with van der Waals surface area (Å²) < 4.78 is 5.09. The molecule has 0 aliphatic heterocycles. The van der Waals surface area contributed by atoms with Gasteiger partial charge in [0.25, 0.3) is 0 Å². The maximum atomic E-state index is 11.5. The second-order valence-electron chi connectivity index (χ2n) is 4.49. The first-order valence-corrected chi connectivity index (χ1v) is 7.41. The van der Waals surface area contributed by atoms with Gasteiger partial charge in [-0.1, -0.05) is 23.7 Å². The summed E-state index contributed by atoms with van der Waals surface area (Å²) in [4.78, 5) is 22.6. The number of aryl methyl sites for hydroxylation is 1. The average Bonchev–Trinajstić information content (AvgIpc) is 2.46. The first kappa shape index (κ1) is 17.3. The average molecular weight is 313 g/mol. The van der Waals surface area contributed by atoms with Crippen LogP contribution >= 0.6 is 11.6 Å². The van der Waals surface area contributed by atoms with E-state index in [9.17, 15) is 9.59 Å². The summed E-state index contributed by atoms with van der Waals surface area (Å²) in [5.74, 6) is -0.233. The summed E-state index contributed by atoms with van der Waals surface area (Å²) >= 11 is 5.79. The van der Waals surface area contributed by atoms with Crippen molar-refractivity contribution in [2.24, 2.45) is 0 Å². The Labute approximate surface area is 130 Å². The van der Waals surface area contributed by atoms with E-state index in [4.69, 9.17) is 16.3 Å². The third-order valence-electron chi connectivity index (χ3n) is 2.74. The van der Waals surface area contributed by atoms with Gasteiger partial charge in [0.1, 0.15) is 0 Å². The smallest absolute Gasteiger partial charge is 0.314 e. The number of rotatable bonds is 8. The predicted octanol–water partition coefficient (Wildman–Crippen LogP) is 2.53. The summed E-state index contributed by atoms with van der Waals surface area (Å²) in [6.07, 6.45) is 1.57. The van der Waals surface area contributed by atoms with Crippen molar-refractivity contribution in [2.75, 3.05) is 19.7 Å². The van der Waals surface area contributed by atoms with Gasteiger partial charge in [0.15, 0.2) is 0 Å². The standard InChI is InChI=1S/C15H21ClN2O3/c1-2-17-15(20)18-10-3-11-21-14(19)9-6-12-4-7-13(16)8-5-12/h4-5,7-8H,2-3,6,9-11H2,1H3,(H2,17,18,20). The molecular weight excluding hydrogens is 292 g/mol. The Morgan fingerprint density at radius 1 is 1.19 bits per heavy atom. The molecule has 1 rings (SSSR count). The lowest BCUT2D eigenvalue weighted by atomic mass is 10.1. The van der Waals surface area contributed by atoms with Crippen LogP contribution in [0.25, 0.3) is 0 Å². The van der Waals surface area contributed by atoms with Crippen LogP contribution in [0.5, 0.6) is 0 Å². The molecule has 1 aromatic rings. The Hall–Kier alpha value is -1.75. The minimum Gasteiger partial charge on any atom is -0.466 e. The fraction of sp³-hybridized carbons (Fsp3) is 0.467. The van der Waals surface area contributed by atoms with Crippen LogP contribution in [-0.4, -0.2) is 31.7 Å². The van der Waals surface area contributed by atoms with Gasteiger partial charge < -0.3 is 15.4 Å². The third-order valence-corrected chi connectivity index (χ3v) is 2.99. The van der Waals surface area contributed by atoms with Crippen molar-refractivity contribution >= 4 is 23.6 Å². The number of hydrogen-bond donors (Lipinski definition) is 2. The zero-order valence-electron chi connectivity index (χ0n) is 12.2. The van der Waals surface area contributed by atoms with Gasteiger partial charge in [-0.15, -0.1) is 0 Å². The highest BCUT2D eigenvalue weighted by atomic mass is 35.5. The Balaban J connectivity index is 2.06. The quantitative estimate of drug-likeness (QED) is 0.572. The summed E-state index contributed by atoms with van der Waals surface area (Å²) in [6.45, 7) is 3.23. The molecule has 0 atom stereocenters. The molecular formula is C15H21ClN2O3. The molecule has 0 aromatic heterocycles. The molecule has 0 bridgehead atoms. The number of carbonyl (C=O) groups is 2. The highest BCUT2D eigenvalue weighted by molar-refractivity contribution is 6.30. The zero-order valence-corrected chi connectivity index (χ0v) is 12.9. The van der Waals surface area contributed by atoms with Crippen molar-refractivity contribution < 1.29 is 14.3 Å². The van der Waals surface area contributed by atoms with Crippen molar-refractivity contribution in [1.29, 1.82) is 0 Å². The van der Waals surface area contributed by atoms with Gasteiger partial charge in [-0.2, -0.15) is 0 Å². The molecule has 0 heterocycles. The van der Waals surface area contributed by atoms with Crippen molar-refractivity contribution in [3.05, 3.63) is 34.9 Å². The molecule has 2 N–H and O–H groups in total. The van der Waals surface area contributed by atoms with Gasteiger partial charge in [-0.05, 0) is 37.5 Å². The number of urea groups is 1. The van der Waals surface area contributed by atoms with Crippen LogP contribution < -0.4 is 10.6 Å². The number of nitrogens with one attached hydrogen (secondary N) is 2. The van der Waals surface area contributed by atoms with Crippen LogP contribution in [0.4, 0.5) is 4.79 Å². The van der Waals surface area contributed by atoms with E-state index in [1.165, 1.54) is 0 Å². The van der Waals surface area contributed by atoms with Gasteiger partial charge in [-0.3, -0.25) is 4.79 Å².